The minimum Gasteiger partial charge on any atom is -0.248 e. The molecule has 0 spiro atoms. The maximum atomic E-state index is 11.9. The monoisotopic (exact) mass is 267 g/mol. The second-order valence-corrected chi connectivity index (χ2v) is 6.79. The molecule has 0 bridgehead atoms. The molecule has 0 aliphatic rings. The van der Waals surface area contributed by atoms with Crippen LogP contribution in [0, 0.1) is 0 Å². The van der Waals surface area contributed by atoms with Crippen LogP contribution in [0.2, 0.25) is 0 Å². The highest BCUT2D eigenvalue weighted by Crippen LogP contribution is 2.33. The Kier molecular flexibility index (Phi) is 5.11. The average molecular weight is 267 g/mol. The second kappa shape index (κ2) is 5.98. The Morgan fingerprint density at radius 1 is 0.889 bits per heavy atom. The van der Waals surface area contributed by atoms with E-state index < -0.39 is 11.0 Å². The first-order valence-electron chi connectivity index (χ1n) is 6.59. The first kappa shape index (κ1) is 15.4. The van der Waals surface area contributed by atoms with Crippen LogP contribution in [0.15, 0.2) is 17.0 Å². The largest absolute Gasteiger partial charge is 0.248 e. The van der Waals surface area contributed by atoms with Gasteiger partial charge in [-0.3, -0.25) is 0 Å². The number of hydrogen-bond acceptors (Lipinski definition) is 1. The minimum absolute atomic E-state index is 0.337. The molecule has 1 aromatic rings. The first-order chi connectivity index (χ1) is 8.25. The molecule has 0 heterocycles. The lowest BCUT2D eigenvalue weighted by Gasteiger charge is -2.21. The van der Waals surface area contributed by atoms with Crippen molar-refractivity contribution in [1.82, 2.24) is 0 Å². The van der Waals surface area contributed by atoms with Crippen molar-refractivity contribution in [2.24, 2.45) is 5.14 Å². The summed E-state index contributed by atoms with van der Waals surface area (Å²) in [4.78, 5) is 0.837. The van der Waals surface area contributed by atoms with Gasteiger partial charge in [0.2, 0.25) is 0 Å². The Morgan fingerprint density at radius 2 is 1.28 bits per heavy atom. The van der Waals surface area contributed by atoms with Crippen LogP contribution in [-0.4, -0.2) is 4.21 Å². The van der Waals surface area contributed by atoms with Gasteiger partial charge in [-0.15, -0.1) is 0 Å². The van der Waals surface area contributed by atoms with Crippen molar-refractivity contribution in [2.45, 2.75) is 64.2 Å². The maximum Gasteiger partial charge on any atom is 0.122 e. The molecule has 0 saturated carbocycles. The lowest BCUT2D eigenvalue weighted by Crippen LogP contribution is -2.13. The van der Waals surface area contributed by atoms with E-state index in [0.29, 0.717) is 17.8 Å². The quantitative estimate of drug-likeness (QED) is 0.879. The fourth-order valence-corrected chi connectivity index (χ4v) is 3.18. The van der Waals surface area contributed by atoms with E-state index >= 15 is 0 Å². The van der Waals surface area contributed by atoms with E-state index in [9.17, 15) is 4.21 Å². The van der Waals surface area contributed by atoms with Crippen molar-refractivity contribution in [3.05, 3.63) is 28.8 Å². The van der Waals surface area contributed by atoms with Gasteiger partial charge in [-0.05, 0) is 34.4 Å². The molecule has 2 N–H and O–H groups in total. The Bertz CT molecular complexity index is 421. The highest BCUT2D eigenvalue weighted by Gasteiger charge is 2.19. The molecule has 0 fully saturated rings. The molecule has 1 atom stereocenters. The summed E-state index contributed by atoms with van der Waals surface area (Å²) in [6, 6.07) is 4.34. The van der Waals surface area contributed by atoms with E-state index in [4.69, 9.17) is 5.14 Å². The molecule has 102 valence electrons. The molecular weight excluding hydrogens is 242 g/mol. The molecule has 2 nitrogen and oxygen atoms in total. The summed E-state index contributed by atoms with van der Waals surface area (Å²) < 4.78 is 11.9. The third-order valence-electron chi connectivity index (χ3n) is 3.28. The van der Waals surface area contributed by atoms with Crippen molar-refractivity contribution in [3.63, 3.8) is 0 Å². The van der Waals surface area contributed by atoms with Gasteiger partial charge < -0.3 is 0 Å². The fourth-order valence-electron chi connectivity index (χ4n) is 2.12. The fraction of sp³-hybridized carbons (Fsp3) is 0.600. The molecule has 0 saturated heterocycles. The van der Waals surface area contributed by atoms with E-state index in [1.807, 2.05) is 0 Å². The highest BCUT2D eigenvalue weighted by atomic mass is 32.2. The molecule has 1 rings (SSSR count). The van der Waals surface area contributed by atoms with Gasteiger partial charge in [-0.2, -0.15) is 0 Å². The lowest BCUT2D eigenvalue weighted by atomic mass is 9.89. The first-order valence-corrected chi connectivity index (χ1v) is 7.80. The standard InChI is InChI=1S/C15H25NOS/c1-9(2)12-7-13(10(3)4)15(18(16)17)14(8-12)11(5)6/h7-11H,16H2,1-6H3/t18-/m0/s1. The average Bonchev–Trinajstić information content (AvgIpc) is 2.26. The van der Waals surface area contributed by atoms with Gasteiger partial charge in [0.15, 0.2) is 0 Å². The minimum atomic E-state index is -1.41. The Morgan fingerprint density at radius 3 is 1.50 bits per heavy atom. The smallest absolute Gasteiger partial charge is 0.122 e. The van der Waals surface area contributed by atoms with E-state index in [1.165, 1.54) is 5.56 Å². The van der Waals surface area contributed by atoms with Crippen LogP contribution < -0.4 is 5.14 Å². The molecule has 0 amide bonds. The summed E-state index contributed by atoms with van der Waals surface area (Å²) in [7, 11) is -1.41. The van der Waals surface area contributed by atoms with Gasteiger partial charge in [0.1, 0.15) is 11.0 Å². The van der Waals surface area contributed by atoms with E-state index in [0.717, 1.165) is 16.0 Å². The Labute approximate surface area is 114 Å². The van der Waals surface area contributed by atoms with Crippen LogP contribution in [-0.2, 0) is 11.0 Å². The van der Waals surface area contributed by atoms with Crippen LogP contribution in [0.1, 0.15) is 76.0 Å². The molecule has 0 radical (unpaired) electrons. The molecule has 0 unspecified atom stereocenters. The van der Waals surface area contributed by atoms with E-state index in [-0.39, 0.29) is 0 Å². The van der Waals surface area contributed by atoms with Crippen molar-refractivity contribution < 1.29 is 4.21 Å². The van der Waals surface area contributed by atoms with Crippen LogP contribution >= 0.6 is 0 Å². The lowest BCUT2D eigenvalue weighted by molar-refractivity contribution is 0.677. The predicted octanol–water partition coefficient (Wildman–Crippen LogP) is 4.04. The van der Waals surface area contributed by atoms with Crippen LogP contribution in [0.3, 0.4) is 0 Å². The normalized spacial score (nSPS) is 13.7. The molecule has 0 aliphatic carbocycles. The number of benzene rings is 1. The second-order valence-electron chi connectivity index (χ2n) is 5.79. The summed E-state index contributed by atoms with van der Waals surface area (Å²) in [6.45, 7) is 12.9. The number of nitrogens with two attached hydrogens (primary N) is 1. The third-order valence-corrected chi connectivity index (χ3v) is 4.15. The summed E-state index contributed by atoms with van der Waals surface area (Å²) >= 11 is 0. The van der Waals surface area contributed by atoms with E-state index in [2.05, 4.69) is 53.7 Å². The predicted molar refractivity (Wildman–Crippen MR) is 79.3 cm³/mol. The van der Waals surface area contributed by atoms with Gasteiger partial charge in [-0.1, -0.05) is 53.7 Å². The molecule has 0 aromatic heterocycles. The Hall–Kier alpha value is -0.670. The number of rotatable bonds is 4. The topological polar surface area (TPSA) is 43.1 Å². The van der Waals surface area contributed by atoms with Crippen molar-refractivity contribution in [2.75, 3.05) is 0 Å². The van der Waals surface area contributed by atoms with Crippen molar-refractivity contribution in [1.29, 1.82) is 0 Å². The SMILES string of the molecule is CC(C)c1cc(C(C)C)c([S@@](N)=O)c(C(C)C)c1. The van der Waals surface area contributed by atoms with Crippen LogP contribution in [0.5, 0.6) is 0 Å². The summed E-state index contributed by atoms with van der Waals surface area (Å²) in [5.74, 6) is 1.15. The summed E-state index contributed by atoms with van der Waals surface area (Å²) in [5, 5.41) is 5.69. The van der Waals surface area contributed by atoms with Gasteiger partial charge in [0.05, 0.1) is 4.90 Å². The molecule has 1 aromatic carbocycles. The maximum absolute atomic E-state index is 11.9. The molecule has 0 aliphatic heterocycles. The summed E-state index contributed by atoms with van der Waals surface area (Å²) in [6.07, 6.45) is 0. The van der Waals surface area contributed by atoms with Gasteiger partial charge in [0.25, 0.3) is 0 Å². The third kappa shape index (κ3) is 3.21. The highest BCUT2D eigenvalue weighted by molar-refractivity contribution is 7.82. The zero-order valence-electron chi connectivity index (χ0n) is 12.3. The number of hydrogen-bond donors (Lipinski definition) is 1. The molecule has 3 heteroatoms. The Balaban J connectivity index is 3.60. The van der Waals surface area contributed by atoms with Crippen LogP contribution in [0.25, 0.3) is 0 Å². The zero-order chi connectivity index (χ0) is 14.0. The van der Waals surface area contributed by atoms with E-state index in [1.54, 1.807) is 0 Å². The van der Waals surface area contributed by atoms with Gasteiger partial charge in [-0.25, -0.2) is 9.35 Å². The van der Waals surface area contributed by atoms with Crippen LogP contribution in [0.4, 0.5) is 0 Å². The van der Waals surface area contributed by atoms with Gasteiger partial charge in [0, 0.05) is 0 Å². The van der Waals surface area contributed by atoms with Crippen molar-refractivity contribution >= 4 is 11.0 Å². The molecule has 18 heavy (non-hydrogen) atoms. The summed E-state index contributed by atoms with van der Waals surface area (Å²) in [5.41, 5.74) is 3.56. The van der Waals surface area contributed by atoms with Gasteiger partial charge >= 0.3 is 0 Å². The van der Waals surface area contributed by atoms with Crippen molar-refractivity contribution in [3.8, 4) is 0 Å². The zero-order valence-corrected chi connectivity index (χ0v) is 13.1. The molecular formula is C15H25NOS.